The standard InChI is InChI=1S/C17H26N2O2/c1-13(18-14-8-5-3-4-6-9-14)17(20)19-15-10-7-11-16(12-15)21-2/h7,10-14,18H,3-6,8-9H2,1-2H3,(H,19,20)/t13-/m0/s1. The predicted octanol–water partition coefficient (Wildman–Crippen LogP) is 3.33. The SMILES string of the molecule is COc1cccc(NC(=O)[C@H](C)NC2CCCCCC2)c1. The van der Waals surface area contributed by atoms with Crippen LogP contribution in [0.4, 0.5) is 5.69 Å². The van der Waals surface area contributed by atoms with Gasteiger partial charge in [-0.2, -0.15) is 0 Å². The minimum atomic E-state index is -0.181. The Morgan fingerprint density at radius 1 is 1.24 bits per heavy atom. The van der Waals surface area contributed by atoms with Crippen molar-refractivity contribution in [2.75, 3.05) is 12.4 Å². The molecule has 1 aromatic rings. The van der Waals surface area contributed by atoms with E-state index in [1.54, 1.807) is 7.11 Å². The highest BCUT2D eigenvalue weighted by Crippen LogP contribution is 2.19. The lowest BCUT2D eigenvalue weighted by Crippen LogP contribution is -2.43. The number of carbonyl (C=O) groups excluding carboxylic acids is 1. The molecule has 0 unspecified atom stereocenters. The maximum absolute atomic E-state index is 12.3. The molecule has 0 saturated heterocycles. The zero-order valence-corrected chi connectivity index (χ0v) is 13.0. The highest BCUT2D eigenvalue weighted by molar-refractivity contribution is 5.94. The number of amides is 1. The first-order valence-electron chi connectivity index (χ1n) is 7.90. The molecular weight excluding hydrogens is 264 g/mol. The predicted molar refractivity (Wildman–Crippen MR) is 85.7 cm³/mol. The fourth-order valence-corrected chi connectivity index (χ4v) is 2.83. The maximum atomic E-state index is 12.3. The van der Waals surface area contributed by atoms with Crippen LogP contribution in [-0.4, -0.2) is 25.1 Å². The third-order valence-electron chi connectivity index (χ3n) is 4.07. The van der Waals surface area contributed by atoms with Crippen molar-refractivity contribution < 1.29 is 9.53 Å². The van der Waals surface area contributed by atoms with Crippen LogP contribution in [0, 0.1) is 0 Å². The molecule has 0 spiro atoms. The summed E-state index contributed by atoms with van der Waals surface area (Å²) in [6.45, 7) is 1.93. The molecule has 1 amide bonds. The number of methoxy groups -OCH3 is 1. The monoisotopic (exact) mass is 290 g/mol. The number of rotatable bonds is 5. The Morgan fingerprint density at radius 2 is 1.95 bits per heavy atom. The van der Waals surface area contributed by atoms with E-state index < -0.39 is 0 Å². The van der Waals surface area contributed by atoms with E-state index in [0.717, 1.165) is 11.4 Å². The van der Waals surface area contributed by atoms with Crippen molar-refractivity contribution in [2.24, 2.45) is 0 Å². The molecular formula is C17H26N2O2. The number of carbonyl (C=O) groups is 1. The second-order valence-electron chi connectivity index (χ2n) is 5.80. The molecule has 1 atom stereocenters. The minimum absolute atomic E-state index is 0.00694. The van der Waals surface area contributed by atoms with E-state index in [-0.39, 0.29) is 11.9 Å². The van der Waals surface area contributed by atoms with Crippen LogP contribution in [0.25, 0.3) is 0 Å². The first-order chi connectivity index (χ1) is 10.2. The van der Waals surface area contributed by atoms with Gasteiger partial charge in [0.2, 0.25) is 5.91 Å². The summed E-state index contributed by atoms with van der Waals surface area (Å²) in [4.78, 5) is 12.3. The number of hydrogen-bond donors (Lipinski definition) is 2. The molecule has 1 aromatic carbocycles. The van der Waals surface area contributed by atoms with Gasteiger partial charge in [-0.3, -0.25) is 4.79 Å². The van der Waals surface area contributed by atoms with Gasteiger partial charge in [0.1, 0.15) is 5.75 Å². The summed E-state index contributed by atoms with van der Waals surface area (Å²) >= 11 is 0. The lowest BCUT2D eigenvalue weighted by molar-refractivity contribution is -0.118. The molecule has 0 bridgehead atoms. The molecule has 1 saturated carbocycles. The van der Waals surface area contributed by atoms with Crippen LogP contribution in [0.15, 0.2) is 24.3 Å². The van der Waals surface area contributed by atoms with Crippen LogP contribution in [-0.2, 0) is 4.79 Å². The van der Waals surface area contributed by atoms with Gasteiger partial charge in [-0.15, -0.1) is 0 Å². The van der Waals surface area contributed by atoms with Gasteiger partial charge in [0.15, 0.2) is 0 Å². The molecule has 0 aliphatic heterocycles. The maximum Gasteiger partial charge on any atom is 0.241 e. The largest absolute Gasteiger partial charge is 0.497 e. The van der Waals surface area contributed by atoms with Gasteiger partial charge in [-0.05, 0) is 31.9 Å². The molecule has 1 fully saturated rings. The van der Waals surface area contributed by atoms with Crippen LogP contribution in [0.2, 0.25) is 0 Å². The fraction of sp³-hybridized carbons (Fsp3) is 0.588. The average molecular weight is 290 g/mol. The Hall–Kier alpha value is -1.55. The zero-order chi connectivity index (χ0) is 15.1. The highest BCUT2D eigenvalue weighted by Gasteiger charge is 2.19. The Bertz CT molecular complexity index is 454. The zero-order valence-electron chi connectivity index (χ0n) is 13.0. The Kier molecular flexibility index (Phi) is 6.05. The number of hydrogen-bond acceptors (Lipinski definition) is 3. The topological polar surface area (TPSA) is 50.4 Å². The summed E-state index contributed by atoms with van der Waals surface area (Å²) in [6.07, 6.45) is 7.53. The van der Waals surface area contributed by atoms with E-state index in [1.165, 1.54) is 38.5 Å². The third kappa shape index (κ3) is 5.05. The second-order valence-corrected chi connectivity index (χ2v) is 5.80. The Labute approximate surface area is 127 Å². The van der Waals surface area contributed by atoms with Gasteiger partial charge in [0.05, 0.1) is 13.2 Å². The van der Waals surface area contributed by atoms with E-state index in [2.05, 4.69) is 10.6 Å². The van der Waals surface area contributed by atoms with Crippen molar-refractivity contribution in [1.82, 2.24) is 5.32 Å². The first kappa shape index (κ1) is 15.8. The number of nitrogens with one attached hydrogen (secondary N) is 2. The molecule has 0 aromatic heterocycles. The van der Waals surface area contributed by atoms with Crippen LogP contribution >= 0.6 is 0 Å². The van der Waals surface area contributed by atoms with E-state index in [1.807, 2.05) is 31.2 Å². The van der Waals surface area contributed by atoms with Crippen molar-refractivity contribution in [3.05, 3.63) is 24.3 Å². The minimum Gasteiger partial charge on any atom is -0.497 e. The van der Waals surface area contributed by atoms with Gasteiger partial charge in [-0.25, -0.2) is 0 Å². The molecule has 1 aliphatic rings. The lowest BCUT2D eigenvalue weighted by atomic mass is 10.1. The summed E-state index contributed by atoms with van der Waals surface area (Å²) in [5.41, 5.74) is 0.772. The molecule has 2 N–H and O–H groups in total. The first-order valence-corrected chi connectivity index (χ1v) is 7.90. The Balaban J connectivity index is 1.86. The highest BCUT2D eigenvalue weighted by atomic mass is 16.5. The smallest absolute Gasteiger partial charge is 0.241 e. The van der Waals surface area contributed by atoms with Gasteiger partial charge in [0.25, 0.3) is 0 Å². The Morgan fingerprint density at radius 3 is 2.62 bits per heavy atom. The van der Waals surface area contributed by atoms with E-state index in [4.69, 9.17) is 4.74 Å². The van der Waals surface area contributed by atoms with E-state index in [0.29, 0.717) is 6.04 Å². The number of anilines is 1. The quantitative estimate of drug-likeness (QED) is 0.818. The number of benzene rings is 1. The van der Waals surface area contributed by atoms with Gasteiger partial charge >= 0.3 is 0 Å². The molecule has 116 valence electrons. The van der Waals surface area contributed by atoms with Crippen molar-refractivity contribution in [3.63, 3.8) is 0 Å². The van der Waals surface area contributed by atoms with E-state index >= 15 is 0 Å². The summed E-state index contributed by atoms with van der Waals surface area (Å²) in [5, 5.41) is 6.40. The number of ether oxygens (including phenoxy) is 1. The van der Waals surface area contributed by atoms with Gasteiger partial charge in [-0.1, -0.05) is 31.7 Å². The molecule has 0 heterocycles. The van der Waals surface area contributed by atoms with Crippen molar-refractivity contribution in [1.29, 1.82) is 0 Å². The fourth-order valence-electron chi connectivity index (χ4n) is 2.83. The van der Waals surface area contributed by atoms with Crippen molar-refractivity contribution in [3.8, 4) is 5.75 Å². The normalized spacial score (nSPS) is 17.8. The van der Waals surface area contributed by atoms with Crippen molar-refractivity contribution >= 4 is 11.6 Å². The van der Waals surface area contributed by atoms with Crippen LogP contribution in [0.5, 0.6) is 5.75 Å². The lowest BCUT2D eigenvalue weighted by Gasteiger charge is -2.21. The van der Waals surface area contributed by atoms with Crippen LogP contribution < -0.4 is 15.4 Å². The summed E-state index contributed by atoms with van der Waals surface area (Å²) in [6, 6.07) is 7.73. The molecule has 1 aliphatic carbocycles. The third-order valence-corrected chi connectivity index (χ3v) is 4.07. The summed E-state index contributed by atoms with van der Waals surface area (Å²) in [5.74, 6) is 0.754. The van der Waals surface area contributed by atoms with Gasteiger partial charge < -0.3 is 15.4 Å². The van der Waals surface area contributed by atoms with Gasteiger partial charge in [0, 0.05) is 17.8 Å². The summed E-state index contributed by atoms with van der Waals surface area (Å²) in [7, 11) is 1.62. The molecule has 0 radical (unpaired) electrons. The summed E-state index contributed by atoms with van der Waals surface area (Å²) < 4.78 is 5.17. The van der Waals surface area contributed by atoms with Crippen LogP contribution in [0.3, 0.4) is 0 Å². The average Bonchev–Trinajstić information content (AvgIpc) is 2.76. The molecule has 4 heteroatoms. The second kappa shape index (κ2) is 8.03. The van der Waals surface area contributed by atoms with E-state index in [9.17, 15) is 4.79 Å². The molecule has 21 heavy (non-hydrogen) atoms. The van der Waals surface area contributed by atoms with Crippen LogP contribution in [0.1, 0.15) is 45.4 Å². The van der Waals surface area contributed by atoms with Crippen molar-refractivity contribution in [2.45, 2.75) is 57.5 Å². The molecule has 4 nitrogen and oxygen atoms in total. The molecule has 2 rings (SSSR count).